The number of aliphatic hydroxyl groups is 2. The summed E-state index contributed by atoms with van der Waals surface area (Å²) in [4.78, 5) is 13.8. The number of halogens is 2. The second-order valence-corrected chi connectivity index (χ2v) is 9.35. The molecule has 1 saturated heterocycles. The highest BCUT2D eigenvalue weighted by atomic mass is 35.5. The highest BCUT2D eigenvalue weighted by Gasteiger charge is 2.56. The molecule has 0 bridgehead atoms. The van der Waals surface area contributed by atoms with E-state index in [-0.39, 0.29) is 28.7 Å². The summed E-state index contributed by atoms with van der Waals surface area (Å²) in [6, 6.07) is 6.66. The van der Waals surface area contributed by atoms with Gasteiger partial charge >= 0.3 is 7.82 Å². The third-order valence-corrected chi connectivity index (χ3v) is 6.73. The zero-order valence-electron chi connectivity index (χ0n) is 15.6. The van der Waals surface area contributed by atoms with Crippen LogP contribution in [0.5, 0.6) is 5.75 Å². The van der Waals surface area contributed by atoms with Crippen LogP contribution in [0.4, 0.5) is 4.39 Å². The molecule has 3 heterocycles. The number of phosphoric acid groups is 1. The molecule has 168 valence electrons. The van der Waals surface area contributed by atoms with E-state index in [9.17, 15) is 19.6 Å². The molecule has 5 atom stereocenters. The summed E-state index contributed by atoms with van der Waals surface area (Å²) < 4.78 is 49.7. The van der Waals surface area contributed by atoms with Gasteiger partial charge in [-0.05, 0) is 18.3 Å². The predicted octanol–water partition coefficient (Wildman–Crippen LogP) is 2.08. The van der Waals surface area contributed by atoms with Crippen molar-refractivity contribution in [3.05, 3.63) is 56.2 Å². The summed E-state index contributed by atoms with van der Waals surface area (Å²) in [5.74, 6) is -2.65. The van der Waals surface area contributed by atoms with Crippen molar-refractivity contribution in [2.45, 2.75) is 37.3 Å². The molecule has 1 unspecified atom stereocenters. The number of H-pyrrole nitrogens is 1. The second kappa shape index (κ2) is 8.38. The fraction of sp³-hybridized carbons (Fsp3) is 0.412. The fourth-order valence-corrected chi connectivity index (χ4v) is 4.78. The van der Waals surface area contributed by atoms with E-state index in [1.54, 1.807) is 24.3 Å². The van der Waals surface area contributed by atoms with Crippen LogP contribution in [0.15, 0.2) is 35.3 Å². The summed E-state index contributed by atoms with van der Waals surface area (Å²) in [5.41, 5.74) is 0.0272. The van der Waals surface area contributed by atoms with Crippen LogP contribution in [0.1, 0.15) is 5.56 Å². The Bertz CT molecular complexity index is 1160. The number of hydrogen-bond donors (Lipinski definition) is 3. The predicted molar refractivity (Wildman–Crippen MR) is 107 cm³/mol. The van der Waals surface area contributed by atoms with Crippen molar-refractivity contribution in [2.24, 2.45) is 0 Å². The zero-order chi connectivity index (χ0) is 22.4. The molecular weight excluding hydrogens is 478 g/mol. The van der Waals surface area contributed by atoms with Crippen LogP contribution in [0, 0.1) is 4.77 Å². The molecule has 4 rings (SSSR count). The number of aromatic amines is 1. The molecule has 0 spiro atoms. The first-order chi connectivity index (χ1) is 14.6. The van der Waals surface area contributed by atoms with Crippen molar-refractivity contribution in [1.29, 1.82) is 0 Å². The van der Waals surface area contributed by atoms with Crippen molar-refractivity contribution in [3.8, 4) is 5.75 Å². The van der Waals surface area contributed by atoms with E-state index in [2.05, 4.69) is 4.98 Å². The largest absolute Gasteiger partial charge is 0.530 e. The number of rotatable bonds is 5. The minimum absolute atomic E-state index is 0.0422. The van der Waals surface area contributed by atoms with E-state index in [1.807, 2.05) is 0 Å². The van der Waals surface area contributed by atoms with Gasteiger partial charge in [0.1, 0.15) is 35.7 Å². The van der Waals surface area contributed by atoms with Gasteiger partial charge in [0, 0.05) is 11.8 Å². The van der Waals surface area contributed by atoms with Gasteiger partial charge in [-0.3, -0.25) is 18.8 Å². The molecule has 3 N–H and O–H groups in total. The molecule has 1 aromatic heterocycles. The van der Waals surface area contributed by atoms with E-state index in [0.717, 1.165) is 0 Å². The summed E-state index contributed by atoms with van der Waals surface area (Å²) in [5, 5.41) is 20.3. The molecule has 0 amide bonds. The Morgan fingerprint density at radius 3 is 2.94 bits per heavy atom. The van der Waals surface area contributed by atoms with Crippen molar-refractivity contribution in [1.82, 2.24) is 9.55 Å². The van der Waals surface area contributed by atoms with Crippen LogP contribution in [0.25, 0.3) is 0 Å². The Morgan fingerprint density at radius 1 is 1.42 bits per heavy atom. The zero-order valence-corrected chi connectivity index (χ0v) is 18.1. The number of alkyl halides is 1. The van der Waals surface area contributed by atoms with Crippen molar-refractivity contribution < 1.29 is 37.5 Å². The molecule has 2 aliphatic rings. The lowest BCUT2D eigenvalue weighted by atomic mass is 10.1. The van der Waals surface area contributed by atoms with Crippen LogP contribution in [0.2, 0.25) is 5.02 Å². The van der Waals surface area contributed by atoms with Gasteiger partial charge in [0.15, 0.2) is 4.77 Å². The van der Waals surface area contributed by atoms with Gasteiger partial charge in [0.05, 0.1) is 13.2 Å². The third-order valence-electron chi connectivity index (χ3n) is 4.82. The molecule has 0 radical (unpaired) electrons. The maximum absolute atomic E-state index is 15.3. The van der Waals surface area contributed by atoms with Crippen LogP contribution in [0.3, 0.4) is 0 Å². The average molecular weight is 495 g/mol. The lowest BCUT2D eigenvalue weighted by Gasteiger charge is -2.28. The highest BCUT2D eigenvalue weighted by molar-refractivity contribution is 7.71. The summed E-state index contributed by atoms with van der Waals surface area (Å²) in [6.45, 7) is -1.36. The number of ether oxygens (including phenoxy) is 1. The number of para-hydroxylation sites is 1. The first kappa shape index (κ1) is 22.6. The normalized spacial score (nSPS) is 32.5. The number of phosphoric ester groups is 1. The van der Waals surface area contributed by atoms with Gasteiger partial charge in [-0.25, -0.2) is 8.96 Å². The molecule has 1 fully saturated rings. The molecule has 14 heteroatoms. The first-order valence-electron chi connectivity index (χ1n) is 8.99. The lowest BCUT2D eigenvalue weighted by molar-refractivity contribution is -0.195. The Hall–Kier alpha value is -1.63. The number of aromatic nitrogens is 2. The van der Waals surface area contributed by atoms with E-state index in [1.165, 1.54) is 10.8 Å². The van der Waals surface area contributed by atoms with Gasteiger partial charge in [0.25, 0.3) is 11.4 Å². The minimum atomic E-state index is -4.18. The van der Waals surface area contributed by atoms with Crippen LogP contribution in [-0.2, 0) is 31.5 Å². The summed E-state index contributed by atoms with van der Waals surface area (Å²) >= 11 is 10.8. The number of aliphatic hydroxyl groups excluding tert-OH is 2. The van der Waals surface area contributed by atoms with Gasteiger partial charge in [-0.1, -0.05) is 29.8 Å². The van der Waals surface area contributed by atoms with Crippen molar-refractivity contribution in [3.63, 3.8) is 0 Å². The number of benzene rings is 1. The summed E-state index contributed by atoms with van der Waals surface area (Å²) in [6.07, 6.45) is -3.81. The Kier molecular flexibility index (Phi) is 6.10. The topological polar surface area (TPSA) is 132 Å². The van der Waals surface area contributed by atoms with E-state index < -0.39 is 44.2 Å². The molecular formula is C17H17ClFN2O8PS. The Labute approximate surface area is 184 Å². The maximum atomic E-state index is 15.3. The van der Waals surface area contributed by atoms with Crippen LogP contribution < -0.4 is 10.1 Å². The smallest absolute Gasteiger partial charge is 0.404 e. The number of nitrogens with zero attached hydrogens (tertiary/aromatic N) is 1. The van der Waals surface area contributed by atoms with Crippen LogP contribution >= 0.6 is 31.6 Å². The lowest BCUT2D eigenvalue weighted by Crippen LogP contribution is -2.43. The summed E-state index contributed by atoms with van der Waals surface area (Å²) in [7, 11) is -4.18. The van der Waals surface area contributed by atoms with Gasteiger partial charge < -0.3 is 24.0 Å². The quantitative estimate of drug-likeness (QED) is 0.422. The molecule has 1 aromatic carbocycles. The van der Waals surface area contributed by atoms with Crippen LogP contribution in [-0.4, -0.2) is 50.5 Å². The molecule has 10 nitrogen and oxygen atoms in total. The fourth-order valence-electron chi connectivity index (χ4n) is 3.16. The molecule has 0 aliphatic carbocycles. The Balaban J connectivity index is 1.46. The van der Waals surface area contributed by atoms with E-state index in [0.29, 0.717) is 5.56 Å². The molecule has 31 heavy (non-hydrogen) atoms. The third kappa shape index (κ3) is 4.48. The average Bonchev–Trinajstić information content (AvgIpc) is 2.95. The van der Waals surface area contributed by atoms with E-state index >= 15 is 4.39 Å². The van der Waals surface area contributed by atoms with Crippen molar-refractivity contribution in [2.75, 3.05) is 6.61 Å². The Morgan fingerprint density at radius 2 is 2.16 bits per heavy atom. The van der Waals surface area contributed by atoms with Crippen molar-refractivity contribution >= 4 is 31.6 Å². The number of nitrogens with one attached hydrogen (secondary N) is 1. The monoisotopic (exact) mass is 494 g/mol. The van der Waals surface area contributed by atoms with Gasteiger partial charge in [0.2, 0.25) is 0 Å². The van der Waals surface area contributed by atoms with Gasteiger partial charge in [-0.15, -0.1) is 0 Å². The molecule has 2 aliphatic heterocycles. The standard InChI is InChI=1S/C17H17ClFN2O8PS/c18-10-5-21(16(31)20-15(10)24)6-12-13(22)14(23)17(19,28-12)8-27-30(25)26-7-9-3-1-2-4-11(9)29-30/h1-5,12-14,22-23H,6-8H2,(H,20,24,31)/t12-,13-,14-,17+,30?/m0/s1. The molecule has 0 saturated carbocycles. The second-order valence-electron chi connectivity index (χ2n) is 6.96. The first-order valence-corrected chi connectivity index (χ1v) is 11.2. The number of fused-ring (bicyclic) bond motifs is 1. The van der Waals surface area contributed by atoms with E-state index in [4.69, 9.17) is 42.1 Å². The minimum Gasteiger partial charge on any atom is -0.404 e. The molecule has 2 aromatic rings. The van der Waals surface area contributed by atoms with Gasteiger partial charge in [-0.2, -0.15) is 0 Å². The SMILES string of the molecule is O=c1[nH]c(=S)n(C[C@@H]2O[C@](F)(COP3(=O)OCc4ccccc4O3)[C@@H](O)[C@H]2O)cc1Cl. The maximum Gasteiger partial charge on any atom is 0.530 e. The number of hydrogen-bond acceptors (Lipinski definition) is 9. The highest BCUT2D eigenvalue weighted by Crippen LogP contribution is 2.55.